The Morgan fingerprint density at radius 1 is 1.04 bits per heavy atom. The van der Waals surface area contributed by atoms with Crippen LogP contribution in [-0.2, 0) is 17.9 Å². The molecule has 0 saturated heterocycles. The molecule has 0 unspecified atom stereocenters. The highest BCUT2D eigenvalue weighted by atomic mass is 35.5. The Morgan fingerprint density at radius 2 is 1.84 bits per heavy atom. The lowest BCUT2D eigenvalue weighted by Gasteiger charge is -2.16. The van der Waals surface area contributed by atoms with Crippen molar-refractivity contribution < 1.29 is 14.2 Å². The Labute approximate surface area is 159 Å². The molecule has 0 radical (unpaired) electrons. The van der Waals surface area contributed by atoms with Crippen molar-refractivity contribution in [3.63, 3.8) is 0 Å². The highest BCUT2D eigenvalue weighted by Crippen LogP contribution is 2.37. The van der Waals surface area contributed by atoms with Gasteiger partial charge in [0.25, 0.3) is 0 Å². The first-order chi connectivity index (χ1) is 12.2. The smallest absolute Gasteiger partial charge is 0.180 e. The molecule has 0 saturated carbocycles. The van der Waals surface area contributed by atoms with Gasteiger partial charge in [-0.2, -0.15) is 0 Å². The first-order valence-corrected chi connectivity index (χ1v) is 8.92. The van der Waals surface area contributed by atoms with E-state index in [0.717, 1.165) is 17.7 Å². The number of hydrogen-bond acceptors (Lipinski definition) is 4. The molecule has 0 aromatic heterocycles. The van der Waals surface area contributed by atoms with E-state index in [1.165, 1.54) is 0 Å². The molecule has 4 nitrogen and oxygen atoms in total. The molecule has 0 atom stereocenters. The second-order valence-corrected chi connectivity index (χ2v) is 6.20. The molecule has 0 bridgehead atoms. The second-order valence-electron chi connectivity index (χ2n) is 5.39. The van der Waals surface area contributed by atoms with Crippen LogP contribution in [0.15, 0.2) is 36.4 Å². The quantitative estimate of drug-likeness (QED) is 0.603. The first kappa shape index (κ1) is 19.9. The van der Waals surface area contributed by atoms with Gasteiger partial charge in [-0.1, -0.05) is 41.4 Å². The van der Waals surface area contributed by atoms with E-state index in [2.05, 4.69) is 5.32 Å². The lowest BCUT2D eigenvalue weighted by atomic mass is 10.2. The summed E-state index contributed by atoms with van der Waals surface area (Å²) in [7, 11) is 1.68. The first-order valence-electron chi connectivity index (χ1n) is 8.16. The second kappa shape index (κ2) is 10.5. The molecule has 0 heterocycles. The van der Waals surface area contributed by atoms with Crippen LogP contribution in [0.2, 0.25) is 10.0 Å². The maximum Gasteiger partial charge on any atom is 0.180 e. The van der Waals surface area contributed by atoms with Crippen molar-refractivity contribution in [1.29, 1.82) is 0 Å². The van der Waals surface area contributed by atoms with E-state index < -0.39 is 0 Å². The standard InChI is InChI=1S/C19H23Cl2NO3/c1-3-24-18-11-14(12-22-8-9-23-2)10-17(21)19(18)25-13-15-6-4-5-7-16(15)20/h4-7,10-11,22H,3,8-9,12-13H2,1-2H3. The minimum Gasteiger partial charge on any atom is -0.490 e. The van der Waals surface area contributed by atoms with E-state index >= 15 is 0 Å². The SMILES string of the molecule is CCOc1cc(CNCCOC)cc(Cl)c1OCc1ccccc1Cl. The van der Waals surface area contributed by atoms with Gasteiger partial charge in [-0.05, 0) is 30.7 Å². The largest absolute Gasteiger partial charge is 0.490 e. The van der Waals surface area contributed by atoms with Crippen LogP contribution in [0.5, 0.6) is 11.5 Å². The van der Waals surface area contributed by atoms with Crippen LogP contribution in [0.3, 0.4) is 0 Å². The van der Waals surface area contributed by atoms with E-state index in [1.54, 1.807) is 7.11 Å². The van der Waals surface area contributed by atoms with Crippen molar-refractivity contribution in [3.05, 3.63) is 57.6 Å². The number of halogens is 2. The zero-order valence-corrected chi connectivity index (χ0v) is 16.0. The van der Waals surface area contributed by atoms with Crippen molar-refractivity contribution in [1.82, 2.24) is 5.32 Å². The van der Waals surface area contributed by atoms with Gasteiger partial charge in [0.15, 0.2) is 11.5 Å². The summed E-state index contributed by atoms with van der Waals surface area (Å²) in [6.07, 6.45) is 0. The molecule has 0 spiro atoms. The fraction of sp³-hybridized carbons (Fsp3) is 0.368. The Kier molecular flexibility index (Phi) is 8.35. The van der Waals surface area contributed by atoms with Crippen LogP contribution in [0.4, 0.5) is 0 Å². The number of hydrogen-bond donors (Lipinski definition) is 1. The average Bonchev–Trinajstić information content (AvgIpc) is 2.60. The lowest BCUT2D eigenvalue weighted by molar-refractivity contribution is 0.199. The van der Waals surface area contributed by atoms with Crippen molar-refractivity contribution in [2.24, 2.45) is 0 Å². The Morgan fingerprint density at radius 3 is 2.56 bits per heavy atom. The van der Waals surface area contributed by atoms with E-state index in [9.17, 15) is 0 Å². The summed E-state index contributed by atoms with van der Waals surface area (Å²) in [5.41, 5.74) is 1.92. The summed E-state index contributed by atoms with van der Waals surface area (Å²) in [5.74, 6) is 1.16. The van der Waals surface area contributed by atoms with Gasteiger partial charge in [0.05, 0.1) is 18.2 Å². The van der Waals surface area contributed by atoms with Gasteiger partial charge in [0, 0.05) is 30.8 Å². The molecule has 0 aliphatic rings. The van der Waals surface area contributed by atoms with Crippen molar-refractivity contribution in [2.45, 2.75) is 20.1 Å². The molecular weight excluding hydrogens is 361 g/mol. The topological polar surface area (TPSA) is 39.7 Å². The fourth-order valence-electron chi connectivity index (χ4n) is 2.30. The number of rotatable bonds is 10. The predicted octanol–water partition coefficient (Wildman–Crippen LogP) is 4.71. The zero-order chi connectivity index (χ0) is 18.1. The Bertz CT molecular complexity index is 680. The van der Waals surface area contributed by atoms with E-state index in [0.29, 0.717) is 47.9 Å². The molecule has 0 aliphatic carbocycles. The zero-order valence-electron chi connectivity index (χ0n) is 14.5. The highest BCUT2D eigenvalue weighted by Gasteiger charge is 2.13. The summed E-state index contributed by atoms with van der Waals surface area (Å²) < 4.78 is 16.6. The number of ether oxygens (including phenoxy) is 3. The fourth-order valence-corrected chi connectivity index (χ4v) is 2.78. The van der Waals surface area contributed by atoms with Gasteiger partial charge in [0.1, 0.15) is 6.61 Å². The van der Waals surface area contributed by atoms with Crippen molar-refractivity contribution >= 4 is 23.2 Å². The summed E-state index contributed by atoms with van der Waals surface area (Å²) >= 11 is 12.6. The molecule has 0 aliphatic heterocycles. The lowest BCUT2D eigenvalue weighted by Crippen LogP contribution is -2.18. The van der Waals surface area contributed by atoms with Crippen LogP contribution < -0.4 is 14.8 Å². The van der Waals surface area contributed by atoms with Gasteiger partial charge in [-0.25, -0.2) is 0 Å². The van der Waals surface area contributed by atoms with Gasteiger partial charge in [-0.3, -0.25) is 0 Å². The van der Waals surface area contributed by atoms with Crippen LogP contribution in [0.1, 0.15) is 18.1 Å². The third-order valence-electron chi connectivity index (χ3n) is 3.51. The van der Waals surface area contributed by atoms with Crippen LogP contribution in [0, 0.1) is 0 Å². The molecule has 136 valence electrons. The number of nitrogens with one attached hydrogen (secondary N) is 1. The van der Waals surface area contributed by atoms with Crippen molar-refractivity contribution in [3.8, 4) is 11.5 Å². The summed E-state index contributed by atoms with van der Waals surface area (Å²) in [6, 6.07) is 11.4. The van der Waals surface area contributed by atoms with Gasteiger partial charge in [-0.15, -0.1) is 0 Å². The average molecular weight is 384 g/mol. The number of methoxy groups -OCH3 is 1. The molecule has 25 heavy (non-hydrogen) atoms. The normalized spacial score (nSPS) is 10.7. The predicted molar refractivity (Wildman–Crippen MR) is 102 cm³/mol. The Balaban J connectivity index is 2.11. The molecule has 6 heteroatoms. The number of benzene rings is 2. The maximum atomic E-state index is 6.43. The minimum atomic E-state index is 0.324. The Hall–Kier alpha value is -1.46. The van der Waals surface area contributed by atoms with E-state index in [1.807, 2.05) is 43.3 Å². The maximum absolute atomic E-state index is 6.43. The van der Waals surface area contributed by atoms with Gasteiger partial charge in [0.2, 0.25) is 0 Å². The third-order valence-corrected chi connectivity index (χ3v) is 4.16. The van der Waals surface area contributed by atoms with Crippen LogP contribution >= 0.6 is 23.2 Å². The molecule has 1 N–H and O–H groups in total. The molecule has 2 aromatic rings. The molecule has 0 fully saturated rings. The highest BCUT2D eigenvalue weighted by molar-refractivity contribution is 6.32. The van der Waals surface area contributed by atoms with Crippen LogP contribution in [0.25, 0.3) is 0 Å². The van der Waals surface area contributed by atoms with Gasteiger partial charge < -0.3 is 19.5 Å². The molecule has 2 rings (SSSR count). The third kappa shape index (κ3) is 6.08. The molecule has 2 aromatic carbocycles. The summed E-state index contributed by atoms with van der Waals surface area (Å²) in [6.45, 7) is 4.88. The van der Waals surface area contributed by atoms with E-state index in [-0.39, 0.29) is 0 Å². The van der Waals surface area contributed by atoms with Crippen molar-refractivity contribution in [2.75, 3.05) is 26.9 Å². The van der Waals surface area contributed by atoms with Gasteiger partial charge >= 0.3 is 0 Å². The molecule has 0 amide bonds. The minimum absolute atomic E-state index is 0.324. The molecular formula is C19H23Cl2NO3. The summed E-state index contributed by atoms with van der Waals surface area (Å²) in [4.78, 5) is 0. The summed E-state index contributed by atoms with van der Waals surface area (Å²) in [5, 5.41) is 4.46. The monoisotopic (exact) mass is 383 g/mol. The van der Waals surface area contributed by atoms with E-state index in [4.69, 9.17) is 37.4 Å². The van der Waals surface area contributed by atoms with Crippen LogP contribution in [-0.4, -0.2) is 26.9 Å².